The summed E-state index contributed by atoms with van der Waals surface area (Å²) in [6.45, 7) is 2.13. The Bertz CT molecular complexity index is 687. The monoisotopic (exact) mass is 339 g/mol. The van der Waals surface area contributed by atoms with Gasteiger partial charge in [0.25, 0.3) is 0 Å². The van der Waals surface area contributed by atoms with Crippen LogP contribution in [0.2, 0.25) is 0 Å². The Labute approximate surface area is 149 Å². The molecule has 0 spiro atoms. The zero-order chi connectivity index (χ0) is 17.6. The molecule has 0 radical (unpaired) electrons. The molecule has 1 atom stereocenters. The van der Waals surface area contributed by atoms with Crippen LogP contribution in [0, 0.1) is 11.7 Å². The first-order valence-corrected chi connectivity index (χ1v) is 9.26. The first-order valence-electron chi connectivity index (χ1n) is 9.26. The van der Waals surface area contributed by atoms with Crippen LogP contribution in [0.1, 0.15) is 44.6 Å². The number of benzene rings is 2. The number of amides is 1. The predicted molar refractivity (Wildman–Crippen MR) is 99.7 cm³/mol. The molecule has 1 amide bonds. The highest BCUT2D eigenvalue weighted by atomic mass is 19.1. The van der Waals surface area contributed by atoms with Gasteiger partial charge in [0.05, 0.1) is 6.42 Å². The van der Waals surface area contributed by atoms with Gasteiger partial charge in [0.1, 0.15) is 5.82 Å². The highest BCUT2D eigenvalue weighted by Gasteiger charge is 2.21. The molecule has 0 heterocycles. The van der Waals surface area contributed by atoms with Gasteiger partial charge in [-0.25, -0.2) is 4.39 Å². The number of nitrogens with one attached hydrogen (secondary N) is 1. The molecular weight excluding hydrogens is 313 g/mol. The molecule has 3 heteroatoms. The zero-order valence-electron chi connectivity index (χ0n) is 14.8. The molecule has 0 bridgehead atoms. The first kappa shape index (κ1) is 17.7. The molecule has 132 valence electrons. The van der Waals surface area contributed by atoms with Crippen LogP contribution in [0.15, 0.2) is 48.5 Å². The minimum absolute atomic E-state index is 0.0904. The largest absolute Gasteiger partial charge is 0.353 e. The molecule has 1 aliphatic rings. The number of hydrogen-bond donors (Lipinski definition) is 1. The third-order valence-corrected chi connectivity index (χ3v) is 5.24. The molecule has 2 nitrogen and oxygen atoms in total. The summed E-state index contributed by atoms with van der Waals surface area (Å²) in [6.07, 6.45) is 6.77. The van der Waals surface area contributed by atoms with Crippen molar-refractivity contribution in [2.24, 2.45) is 5.92 Å². The summed E-state index contributed by atoms with van der Waals surface area (Å²) in [5.41, 5.74) is 3.00. The fourth-order valence-electron chi connectivity index (χ4n) is 3.70. The van der Waals surface area contributed by atoms with E-state index in [1.807, 2.05) is 24.3 Å². The summed E-state index contributed by atoms with van der Waals surface area (Å²) < 4.78 is 13.0. The summed E-state index contributed by atoms with van der Waals surface area (Å²) in [6, 6.07) is 14.6. The van der Waals surface area contributed by atoms with Crippen LogP contribution < -0.4 is 5.32 Å². The van der Waals surface area contributed by atoms with Crippen LogP contribution in [-0.2, 0) is 11.2 Å². The third-order valence-electron chi connectivity index (χ3n) is 5.24. The van der Waals surface area contributed by atoms with Crippen molar-refractivity contribution in [3.8, 4) is 11.1 Å². The molecule has 0 saturated heterocycles. The van der Waals surface area contributed by atoms with E-state index in [0.29, 0.717) is 12.3 Å². The second-order valence-electron chi connectivity index (χ2n) is 7.13. The van der Waals surface area contributed by atoms with Gasteiger partial charge >= 0.3 is 0 Å². The van der Waals surface area contributed by atoms with Gasteiger partial charge in [-0.15, -0.1) is 0 Å². The van der Waals surface area contributed by atoms with Crippen molar-refractivity contribution in [1.82, 2.24) is 5.32 Å². The smallest absolute Gasteiger partial charge is 0.224 e. The van der Waals surface area contributed by atoms with Crippen LogP contribution in [0.5, 0.6) is 0 Å². The summed E-state index contributed by atoms with van der Waals surface area (Å²) in [5, 5.41) is 3.17. The Kier molecular flexibility index (Phi) is 5.85. The Balaban J connectivity index is 1.55. The highest BCUT2D eigenvalue weighted by Crippen LogP contribution is 2.26. The minimum Gasteiger partial charge on any atom is -0.353 e. The van der Waals surface area contributed by atoms with Crippen molar-refractivity contribution in [2.45, 2.75) is 51.5 Å². The van der Waals surface area contributed by atoms with Crippen molar-refractivity contribution in [2.75, 3.05) is 0 Å². The van der Waals surface area contributed by atoms with Gasteiger partial charge in [0.2, 0.25) is 5.91 Å². The normalized spacial score (nSPS) is 16.4. The summed E-state index contributed by atoms with van der Waals surface area (Å²) in [5.74, 6) is 0.482. The second-order valence-corrected chi connectivity index (χ2v) is 7.13. The van der Waals surface area contributed by atoms with Crippen molar-refractivity contribution >= 4 is 5.91 Å². The maximum atomic E-state index is 13.0. The molecular formula is C22H26FNO. The SMILES string of the molecule is C[C@@H](NC(=O)Cc1ccc(-c2ccc(F)cc2)cc1)C1CCCCC1. The van der Waals surface area contributed by atoms with Crippen LogP contribution in [0.25, 0.3) is 11.1 Å². The van der Waals surface area contributed by atoms with Crippen molar-refractivity contribution < 1.29 is 9.18 Å². The van der Waals surface area contributed by atoms with Crippen LogP contribution in [-0.4, -0.2) is 11.9 Å². The van der Waals surface area contributed by atoms with E-state index in [-0.39, 0.29) is 17.8 Å². The lowest BCUT2D eigenvalue weighted by molar-refractivity contribution is -0.121. The number of hydrogen-bond acceptors (Lipinski definition) is 1. The molecule has 0 unspecified atom stereocenters. The number of carbonyl (C=O) groups excluding carboxylic acids is 1. The lowest BCUT2D eigenvalue weighted by atomic mass is 9.84. The maximum Gasteiger partial charge on any atom is 0.224 e. The molecule has 2 aromatic rings. The van der Waals surface area contributed by atoms with E-state index >= 15 is 0 Å². The number of carbonyl (C=O) groups is 1. The van der Waals surface area contributed by atoms with E-state index in [0.717, 1.165) is 16.7 Å². The molecule has 0 aliphatic heterocycles. The highest BCUT2D eigenvalue weighted by molar-refractivity contribution is 5.79. The van der Waals surface area contributed by atoms with Gasteiger partial charge in [0, 0.05) is 6.04 Å². The van der Waals surface area contributed by atoms with Gasteiger partial charge in [-0.1, -0.05) is 55.7 Å². The number of halogens is 1. The fraction of sp³-hybridized carbons (Fsp3) is 0.409. The maximum absolute atomic E-state index is 13.0. The van der Waals surface area contributed by atoms with Crippen molar-refractivity contribution in [3.63, 3.8) is 0 Å². The van der Waals surface area contributed by atoms with Gasteiger partial charge in [-0.2, -0.15) is 0 Å². The Morgan fingerprint density at radius 3 is 2.16 bits per heavy atom. The lowest BCUT2D eigenvalue weighted by Crippen LogP contribution is -2.39. The minimum atomic E-state index is -0.232. The van der Waals surface area contributed by atoms with Gasteiger partial charge in [-0.3, -0.25) is 4.79 Å². The molecule has 25 heavy (non-hydrogen) atoms. The molecule has 1 aliphatic carbocycles. The van der Waals surface area contributed by atoms with Crippen LogP contribution in [0.3, 0.4) is 0 Å². The topological polar surface area (TPSA) is 29.1 Å². The Morgan fingerprint density at radius 1 is 1.00 bits per heavy atom. The first-order chi connectivity index (χ1) is 12.1. The van der Waals surface area contributed by atoms with E-state index in [9.17, 15) is 9.18 Å². The second kappa shape index (κ2) is 8.28. The average Bonchev–Trinajstić information content (AvgIpc) is 2.64. The Morgan fingerprint density at radius 2 is 1.56 bits per heavy atom. The molecule has 2 aromatic carbocycles. The lowest BCUT2D eigenvalue weighted by Gasteiger charge is -2.28. The van der Waals surface area contributed by atoms with E-state index in [4.69, 9.17) is 0 Å². The van der Waals surface area contributed by atoms with E-state index in [1.54, 1.807) is 12.1 Å². The summed E-state index contributed by atoms with van der Waals surface area (Å²) in [4.78, 5) is 12.3. The molecule has 1 N–H and O–H groups in total. The van der Waals surface area contributed by atoms with Crippen LogP contribution >= 0.6 is 0 Å². The van der Waals surface area contributed by atoms with Crippen LogP contribution in [0.4, 0.5) is 4.39 Å². The molecule has 0 aromatic heterocycles. The van der Waals surface area contributed by atoms with E-state index < -0.39 is 0 Å². The van der Waals surface area contributed by atoms with E-state index in [2.05, 4.69) is 12.2 Å². The van der Waals surface area contributed by atoms with Gasteiger partial charge in [-0.05, 0) is 54.5 Å². The predicted octanol–water partition coefficient (Wildman–Crippen LogP) is 5.12. The van der Waals surface area contributed by atoms with Crippen molar-refractivity contribution in [3.05, 3.63) is 59.9 Å². The standard InChI is InChI=1S/C22H26FNO/c1-16(18-5-3-2-4-6-18)24-22(25)15-17-7-9-19(10-8-17)20-11-13-21(23)14-12-20/h7-14,16,18H,2-6,15H2,1H3,(H,24,25)/t16-/m1/s1. The summed E-state index contributed by atoms with van der Waals surface area (Å²) >= 11 is 0. The summed E-state index contributed by atoms with van der Waals surface area (Å²) in [7, 11) is 0. The molecule has 1 saturated carbocycles. The van der Waals surface area contributed by atoms with Crippen molar-refractivity contribution in [1.29, 1.82) is 0 Å². The zero-order valence-corrected chi connectivity index (χ0v) is 14.8. The fourth-order valence-corrected chi connectivity index (χ4v) is 3.70. The van der Waals surface area contributed by atoms with E-state index in [1.165, 1.54) is 44.2 Å². The van der Waals surface area contributed by atoms with Gasteiger partial charge in [0.15, 0.2) is 0 Å². The third kappa shape index (κ3) is 4.91. The quantitative estimate of drug-likeness (QED) is 0.805. The Hall–Kier alpha value is -2.16. The average molecular weight is 339 g/mol. The number of rotatable bonds is 5. The molecule has 1 fully saturated rings. The molecule has 3 rings (SSSR count). The van der Waals surface area contributed by atoms with Gasteiger partial charge < -0.3 is 5.32 Å².